The van der Waals surface area contributed by atoms with Crippen LogP contribution in [-0.2, 0) is 22.6 Å². The number of rotatable bonds is 8. The molecule has 1 amide bonds. The summed E-state index contributed by atoms with van der Waals surface area (Å²) in [4.78, 5) is 12.9. The van der Waals surface area contributed by atoms with Crippen molar-refractivity contribution in [2.75, 3.05) is 13.7 Å². The molecular formula is C28H43N3O2S. The van der Waals surface area contributed by atoms with Gasteiger partial charge in [0, 0.05) is 7.05 Å². The first-order valence-corrected chi connectivity index (χ1v) is 11.9. The van der Waals surface area contributed by atoms with Crippen LogP contribution < -0.4 is 16.4 Å². The smallest absolute Gasteiger partial charge is 0.240 e. The third-order valence-electron chi connectivity index (χ3n) is 5.02. The van der Waals surface area contributed by atoms with Gasteiger partial charge in [0.15, 0.2) is 0 Å². The summed E-state index contributed by atoms with van der Waals surface area (Å²) < 4.78 is 5.74. The first kappa shape index (κ1) is 31.5. The standard InChI is InChI=1S/C17H26N2O2.C8H10.C3H7NS/c1-13(2)17(5,19-15(20)16(3,4)18)12-21-11-14-9-7-6-8-10-14;1-2-8-6-4-3-5-7-8;1-3(5)4-2/h6-10H,1,11-12,18H2,2-5H3,(H,19,20);3-7H,2H2,1H3;1-2H3,(H,4,5). The molecule has 0 bridgehead atoms. The van der Waals surface area contributed by atoms with Gasteiger partial charge in [0.25, 0.3) is 0 Å². The van der Waals surface area contributed by atoms with E-state index < -0.39 is 11.1 Å². The second-order valence-corrected chi connectivity index (χ2v) is 9.52. The molecule has 5 nitrogen and oxygen atoms in total. The number of thiocarbonyl (C=S) groups is 1. The molecule has 0 saturated heterocycles. The van der Waals surface area contributed by atoms with E-state index >= 15 is 0 Å². The van der Waals surface area contributed by atoms with Crippen molar-refractivity contribution in [2.24, 2.45) is 5.73 Å². The first-order valence-electron chi connectivity index (χ1n) is 11.5. The Morgan fingerprint density at radius 2 is 1.44 bits per heavy atom. The monoisotopic (exact) mass is 485 g/mol. The van der Waals surface area contributed by atoms with Gasteiger partial charge in [0.1, 0.15) is 0 Å². The van der Waals surface area contributed by atoms with Crippen LogP contribution in [0.5, 0.6) is 0 Å². The van der Waals surface area contributed by atoms with E-state index in [9.17, 15) is 4.79 Å². The maximum absolute atomic E-state index is 12.1. The molecule has 0 fully saturated rings. The van der Waals surface area contributed by atoms with Crippen LogP contribution in [0.3, 0.4) is 0 Å². The highest BCUT2D eigenvalue weighted by Gasteiger charge is 2.32. The van der Waals surface area contributed by atoms with E-state index in [0.717, 1.165) is 22.5 Å². The molecule has 188 valence electrons. The Hall–Kier alpha value is -2.54. The number of aryl methyl sites for hydroxylation is 1. The Morgan fingerprint density at radius 3 is 1.76 bits per heavy atom. The van der Waals surface area contributed by atoms with Crippen molar-refractivity contribution in [3.05, 3.63) is 83.9 Å². The summed E-state index contributed by atoms with van der Waals surface area (Å²) in [7, 11) is 1.81. The van der Waals surface area contributed by atoms with Gasteiger partial charge in [-0.05, 0) is 52.2 Å². The maximum Gasteiger partial charge on any atom is 0.240 e. The highest BCUT2D eigenvalue weighted by Crippen LogP contribution is 2.17. The van der Waals surface area contributed by atoms with Crippen LogP contribution in [0, 0.1) is 0 Å². The van der Waals surface area contributed by atoms with E-state index in [-0.39, 0.29) is 5.91 Å². The largest absolute Gasteiger partial charge is 0.383 e. The van der Waals surface area contributed by atoms with E-state index in [4.69, 9.17) is 10.5 Å². The van der Waals surface area contributed by atoms with Gasteiger partial charge < -0.3 is 21.1 Å². The van der Waals surface area contributed by atoms with E-state index in [2.05, 4.69) is 60.6 Å². The zero-order valence-electron chi connectivity index (χ0n) is 21.9. The van der Waals surface area contributed by atoms with Gasteiger partial charge in [-0.25, -0.2) is 0 Å². The molecule has 0 spiro atoms. The maximum atomic E-state index is 12.1. The van der Waals surface area contributed by atoms with Crippen molar-refractivity contribution >= 4 is 23.1 Å². The number of ether oxygens (including phenoxy) is 1. The van der Waals surface area contributed by atoms with E-state index in [1.165, 1.54) is 5.56 Å². The predicted molar refractivity (Wildman–Crippen MR) is 149 cm³/mol. The van der Waals surface area contributed by atoms with Gasteiger partial charge in [0.2, 0.25) is 5.91 Å². The van der Waals surface area contributed by atoms with Gasteiger partial charge in [-0.1, -0.05) is 92.0 Å². The van der Waals surface area contributed by atoms with Crippen LogP contribution in [-0.4, -0.2) is 35.6 Å². The molecule has 0 aromatic heterocycles. The molecule has 0 aliphatic heterocycles. The second-order valence-electron chi connectivity index (χ2n) is 8.91. The van der Waals surface area contributed by atoms with Gasteiger partial charge in [-0.2, -0.15) is 0 Å². The highest BCUT2D eigenvalue weighted by molar-refractivity contribution is 7.80. The van der Waals surface area contributed by atoms with E-state index in [0.29, 0.717) is 13.2 Å². The fraction of sp³-hybridized carbons (Fsp3) is 0.429. The normalized spacial score (nSPS) is 12.0. The molecule has 2 aromatic carbocycles. The lowest BCUT2D eigenvalue weighted by Crippen LogP contribution is -2.58. The fourth-order valence-corrected chi connectivity index (χ4v) is 2.34. The Balaban J connectivity index is 0.000000680. The third-order valence-corrected chi connectivity index (χ3v) is 5.23. The number of amides is 1. The Bertz CT molecular complexity index is 864. The SMILES string of the molecule is C=C(C)C(C)(COCc1ccccc1)NC(=O)C(C)(C)N.CCc1ccccc1.CNC(C)=S. The van der Waals surface area contributed by atoms with Gasteiger partial charge in [-0.15, -0.1) is 0 Å². The molecule has 0 aliphatic rings. The van der Waals surface area contributed by atoms with Crippen molar-refractivity contribution in [2.45, 2.75) is 65.6 Å². The molecule has 0 saturated carbocycles. The van der Waals surface area contributed by atoms with E-state index in [1.807, 2.05) is 64.2 Å². The average molecular weight is 486 g/mol. The second kappa shape index (κ2) is 16.1. The first-order chi connectivity index (χ1) is 15.9. The molecule has 4 N–H and O–H groups in total. The number of carbonyl (C=O) groups excluding carboxylic acids is 1. The van der Waals surface area contributed by atoms with Crippen molar-refractivity contribution < 1.29 is 9.53 Å². The molecule has 1 unspecified atom stereocenters. The topological polar surface area (TPSA) is 76.4 Å². The quantitative estimate of drug-likeness (QED) is 0.354. The number of nitrogens with one attached hydrogen (secondary N) is 2. The van der Waals surface area contributed by atoms with Crippen LogP contribution in [0.2, 0.25) is 0 Å². The third kappa shape index (κ3) is 13.9. The molecule has 34 heavy (non-hydrogen) atoms. The zero-order chi connectivity index (χ0) is 26.2. The summed E-state index contributed by atoms with van der Waals surface area (Å²) in [6, 6.07) is 20.4. The molecular weight excluding hydrogens is 442 g/mol. The summed E-state index contributed by atoms with van der Waals surface area (Å²) in [5.74, 6) is -0.226. The van der Waals surface area contributed by atoms with Crippen LogP contribution in [0.15, 0.2) is 72.8 Å². The summed E-state index contributed by atoms with van der Waals surface area (Å²) >= 11 is 4.59. The number of nitrogens with two attached hydrogens (primary N) is 1. The van der Waals surface area contributed by atoms with Crippen molar-refractivity contribution in [1.29, 1.82) is 0 Å². The van der Waals surface area contributed by atoms with Gasteiger partial charge >= 0.3 is 0 Å². The van der Waals surface area contributed by atoms with Gasteiger partial charge in [-0.3, -0.25) is 4.79 Å². The highest BCUT2D eigenvalue weighted by atomic mass is 32.1. The van der Waals surface area contributed by atoms with Gasteiger partial charge in [0.05, 0.1) is 29.3 Å². The summed E-state index contributed by atoms with van der Waals surface area (Å²) in [6.45, 7) is 15.9. The number of carbonyl (C=O) groups is 1. The minimum Gasteiger partial charge on any atom is -0.383 e. The minimum absolute atomic E-state index is 0.226. The van der Waals surface area contributed by atoms with Crippen LogP contribution >= 0.6 is 12.2 Å². The zero-order valence-corrected chi connectivity index (χ0v) is 22.7. The predicted octanol–water partition coefficient (Wildman–Crippen LogP) is 5.19. The molecule has 6 heteroatoms. The fourth-order valence-electron chi connectivity index (χ4n) is 2.34. The van der Waals surface area contributed by atoms with Crippen molar-refractivity contribution in [1.82, 2.24) is 10.6 Å². The molecule has 1 atom stereocenters. The number of hydrogen-bond acceptors (Lipinski definition) is 4. The Labute approximate surface area is 212 Å². The molecule has 2 rings (SSSR count). The lowest BCUT2D eigenvalue weighted by molar-refractivity contribution is -0.127. The lowest BCUT2D eigenvalue weighted by Gasteiger charge is -2.34. The molecule has 0 aliphatic carbocycles. The van der Waals surface area contributed by atoms with Crippen LogP contribution in [0.25, 0.3) is 0 Å². The summed E-state index contributed by atoms with van der Waals surface area (Å²) in [6.07, 6.45) is 1.14. The van der Waals surface area contributed by atoms with Crippen molar-refractivity contribution in [3.8, 4) is 0 Å². The minimum atomic E-state index is -0.934. The number of benzene rings is 2. The average Bonchev–Trinajstić information content (AvgIpc) is 2.80. The molecule has 0 radical (unpaired) electrons. The van der Waals surface area contributed by atoms with E-state index in [1.54, 1.807) is 13.8 Å². The van der Waals surface area contributed by atoms with Crippen LogP contribution in [0.4, 0.5) is 0 Å². The molecule has 0 heterocycles. The van der Waals surface area contributed by atoms with Crippen molar-refractivity contribution in [3.63, 3.8) is 0 Å². The Kier molecular flexibility index (Phi) is 14.9. The Morgan fingerprint density at radius 1 is 1.00 bits per heavy atom. The molecule has 2 aromatic rings. The lowest BCUT2D eigenvalue weighted by atomic mass is 9.93. The number of hydrogen-bond donors (Lipinski definition) is 3. The summed E-state index contributed by atoms with van der Waals surface area (Å²) in [5.41, 5.74) is 7.58. The summed E-state index contributed by atoms with van der Waals surface area (Å²) in [5, 5.41) is 5.69. The van der Waals surface area contributed by atoms with Crippen LogP contribution in [0.1, 0.15) is 52.7 Å².